The van der Waals surface area contributed by atoms with Gasteiger partial charge in [0.25, 0.3) is 0 Å². The lowest BCUT2D eigenvalue weighted by Crippen LogP contribution is -2.46. The van der Waals surface area contributed by atoms with Gasteiger partial charge < -0.3 is 19.7 Å². The van der Waals surface area contributed by atoms with Crippen LogP contribution in [0.2, 0.25) is 0 Å². The number of para-hydroxylation sites is 1. The van der Waals surface area contributed by atoms with Crippen LogP contribution in [0.3, 0.4) is 0 Å². The Kier molecular flexibility index (Phi) is 8.64. The van der Waals surface area contributed by atoms with E-state index >= 15 is 0 Å². The van der Waals surface area contributed by atoms with Gasteiger partial charge >= 0.3 is 5.97 Å². The van der Waals surface area contributed by atoms with Gasteiger partial charge in [-0.1, -0.05) is 41.6 Å². The van der Waals surface area contributed by atoms with E-state index in [1.54, 1.807) is 42.5 Å². The third kappa shape index (κ3) is 6.58. The average molecular weight is 560 g/mol. The molecule has 212 valence electrons. The van der Waals surface area contributed by atoms with Gasteiger partial charge in [-0.25, -0.2) is 13.9 Å². The number of hydrogen-bond acceptors (Lipinski definition) is 7. The van der Waals surface area contributed by atoms with E-state index in [2.05, 4.69) is 15.6 Å². The Labute approximate surface area is 236 Å². The lowest BCUT2D eigenvalue weighted by Gasteiger charge is -2.32. The minimum atomic E-state index is -1.07. The lowest BCUT2D eigenvalue weighted by molar-refractivity contribution is -0.142. The highest BCUT2D eigenvalue weighted by atomic mass is 19.1. The second kappa shape index (κ2) is 12.7. The predicted molar refractivity (Wildman–Crippen MR) is 147 cm³/mol. The standard InChI is InChI=1S/C30H30FN5O5/c1-40-30(39)22-12-10-21(11-13-22)28(29(38)32-17-24-5-4-16-41-24)35(18-20-8-14-23(31)15-9-20)27(37)19-36-26-7-3-2-6-25(26)33-34-36/h2-3,6-15,24,28H,4-5,16-19H2,1H3,(H,32,38)/t24-,28+/m0/s1. The van der Waals surface area contributed by atoms with E-state index in [9.17, 15) is 18.8 Å². The fourth-order valence-electron chi connectivity index (χ4n) is 4.87. The first-order valence-corrected chi connectivity index (χ1v) is 13.3. The van der Waals surface area contributed by atoms with Gasteiger partial charge in [0.05, 0.1) is 24.3 Å². The number of ether oxygens (including phenoxy) is 2. The molecule has 11 heteroatoms. The number of benzene rings is 3. The van der Waals surface area contributed by atoms with Gasteiger partial charge in [0.1, 0.15) is 23.9 Å². The van der Waals surface area contributed by atoms with Gasteiger partial charge in [0.2, 0.25) is 11.8 Å². The van der Waals surface area contributed by atoms with E-state index in [0.29, 0.717) is 40.9 Å². The summed E-state index contributed by atoms with van der Waals surface area (Å²) in [5.41, 5.74) is 2.73. The fourth-order valence-corrected chi connectivity index (χ4v) is 4.87. The number of carbonyl (C=O) groups excluding carboxylic acids is 3. The van der Waals surface area contributed by atoms with Crippen molar-refractivity contribution < 1.29 is 28.2 Å². The van der Waals surface area contributed by atoms with Crippen LogP contribution in [0.25, 0.3) is 11.0 Å². The average Bonchev–Trinajstić information content (AvgIpc) is 3.67. The smallest absolute Gasteiger partial charge is 0.337 e. The zero-order chi connectivity index (χ0) is 28.8. The number of rotatable bonds is 10. The molecule has 0 unspecified atom stereocenters. The van der Waals surface area contributed by atoms with Crippen LogP contribution in [0.4, 0.5) is 4.39 Å². The molecule has 0 spiro atoms. The topological polar surface area (TPSA) is 116 Å². The number of esters is 1. The maximum atomic E-state index is 14.0. The molecule has 1 aliphatic heterocycles. The molecule has 0 bridgehead atoms. The van der Waals surface area contributed by atoms with Gasteiger partial charge in [-0.2, -0.15) is 0 Å². The molecule has 1 aromatic heterocycles. The highest BCUT2D eigenvalue weighted by molar-refractivity contribution is 5.91. The molecule has 3 aromatic carbocycles. The summed E-state index contributed by atoms with van der Waals surface area (Å²) < 4.78 is 25.7. The fraction of sp³-hybridized carbons (Fsp3) is 0.300. The van der Waals surface area contributed by atoms with Crippen LogP contribution in [0.15, 0.2) is 72.8 Å². The summed E-state index contributed by atoms with van der Waals surface area (Å²) in [6, 6.07) is 18.3. The number of fused-ring (bicyclic) bond motifs is 1. The Morgan fingerprint density at radius 3 is 2.56 bits per heavy atom. The Bertz CT molecular complexity index is 1520. The van der Waals surface area contributed by atoms with Gasteiger partial charge in [0, 0.05) is 19.7 Å². The summed E-state index contributed by atoms with van der Waals surface area (Å²) in [6.07, 6.45) is 1.64. The molecule has 2 heterocycles. The van der Waals surface area contributed by atoms with E-state index in [4.69, 9.17) is 9.47 Å². The van der Waals surface area contributed by atoms with Crippen molar-refractivity contribution in [3.63, 3.8) is 0 Å². The van der Waals surface area contributed by atoms with Crippen LogP contribution in [0.5, 0.6) is 0 Å². The molecule has 2 atom stereocenters. The number of nitrogens with zero attached hydrogens (tertiary/aromatic N) is 4. The molecular weight excluding hydrogens is 529 g/mol. The van der Waals surface area contributed by atoms with Gasteiger partial charge in [0.15, 0.2) is 0 Å². The van der Waals surface area contributed by atoms with Crippen molar-refractivity contribution in [1.29, 1.82) is 0 Å². The molecule has 0 aliphatic carbocycles. The summed E-state index contributed by atoms with van der Waals surface area (Å²) in [5.74, 6) is -1.75. The number of halogens is 1. The largest absolute Gasteiger partial charge is 0.465 e. The highest BCUT2D eigenvalue weighted by Crippen LogP contribution is 2.26. The maximum absolute atomic E-state index is 14.0. The van der Waals surface area contributed by atoms with Crippen LogP contribution in [0.1, 0.15) is 40.4 Å². The van der Waals surface area contributed by atoms with Gasteiger partial charge in [-0.15, -0.1) is 5.10 Å². The Hall–Kier alpha value is -4.64. The monoisotopic (exact) mass is 559 g/mol. The second-order valence-corrected chi connectivity index (χ2v) is 9.78. The molecule has 4 aromatic rings. The number of aromatic nitrogens is 3. The second-order valence-electron chi connectivity index (χ2n) is 9.78. The quantitative estimate of drug-likeness (QED) is 0.296. The van der Waals surface area contributed by atoms with E-state index in [0.717, 1.165) is 12.8 Å². The Morgan fingerprint density at radius 2 is 1.85 bits per heavy atom. The number of hydrogen-bond donors (Lipinski definition) is 1. The van der Waals surface area contributed by atoms with E-state index < -0.39 is 29.6 Å². The maximum Gasteiger partial charge on any atom is 0.337 e. The first-order valence-electron chi connectivity index (χ1n) is 13.3. The number of carbonyl (C=O) groups is 3. The summed E-state index contributed by atoms with van der Waals surface area (Å²) in [6.45, 7) is 0.766. The molecule has 10 nitrogen and oxygen atoms in total. The molecule has 0 saturated carbocycles. The van der Waals surface area contributed by atoms with Crippen molar-refractivity contribution in [3.8, 4) is 0 Å². The summed E-state index contributed by atoms with van der Waals surface area (Å²) in [4.78, 5) is 41.3. The van der Waals surface area contributed by atoms with Crippen LogP contribution >= 0.6 is 0 Å². The van der Waals surface area contributed by atoms with Crippen molar-refractivity contribution >= 4 is 28.8 Å². The van der Waals surface area contributed by atoms with Crippen LogP contribution in [-0.2, 0) is 32.2 Å². The summed E-state index contributed by atoms with van der Waals surface area (Å²) in [5, 5.41) is 11.2. The molecule has 5 rings (SSSR count). The molecule has 2 amide bonds. The van der Waals surface area contributed by atoms with E-state index in [-0.39, 0.29) is 19.2 Å². The third-order valence-corrected chi connectivity index (χ3v) is 7.03. The lowest BCUT2D eigenvalue weighted by atomic mass is 10.0. The molecule has 1 aliphatic rings. The third-order valence-electron chi connectivity index (χ3n) is 7.03. The highest BCUT2D eigenvalue weighted by Gasteiger charge is 2.33. The van der Waals surface area contributed by atoms with Crippen molar-refractivity contribution in [2.24, 2.45) is 0 Å². The van der Waals surface area contributed by atoms with Gasteiger partial charge in [-0.3, -0.25) is 9.59 Å². The van der Waals surface area contributed by atoms with Crippen molar-refractivity contribution in [2.45, 2.75) is 38.1 Å². The normalized spacial score (nSPS) is 15.4. The zero-order valence-electron chi connectivity index (χ0n) is 22.5. The number of methoxy groups -OCH3 is 1. The first-order chi connectivity index (χ1) is 19.9. The summed E-state index contributed by atoms with van der Waals surface area (Å²) >= 11 is 0. The van der Waals surface area contributed by atoms with Crippen molar-refractivity contribution in [1.82, 2.24) is 25.2 Å². The zero-order valence-corrected chi connectivity index (χ0v) is 22.5. The minimum Gasteiger partial charge on any atom is -0.465 e. The molecule has 0 radical (unpaired) electrons. The first kappa shape index (κ1) is 27.9. The SMILES string of the molecule is COC(=O)c1ccc([C@H](C(=O)NC[C@@H]2CCCO2)N(Cc2ccc(F)cc2)C(=O)Cn2nnc3ccccc32)cc1. The van der Waals surface area contributed by atoms with Crippen LogP contribution in [-0.4, -0.2) is 64.0 Å². The van der Waals surface area contributed by atoms with Crippen LogP contribution < -0.4 is 5.32 Å². The van der Waals surface area contributed by atoms with E-state index in [1.165, 1.54) is 28.8 Å². The molecule has 1 N–H and O–H groups in total. The Balaban J connectivity index is 1.51. The minimum absolute atomic E-state index is 0.0164. The number of amides is 2. The predicted octanol–water partition coefficient (Wildman–Crippen LogP) is 3.42. The van der Waals surface area contributed by atoms with Crippen LogP contribution in [0, 0.1) is 5.82 Å². The molecule has 41 heavy (non-hydrogen) atoms. The van der Waals surface area contributed by atoms with Crippen molar-refractivity contribution in [3.05, 3.63) is 95.3 Å². The Morgan fingerprint density at radius 1 is 1.10 bits per heavy atom. The van der Waals surface area contributed by atoms with Crippen molar-refractivity contribution in [2.75, 3.05) is 20.3 Å². The molecule has 1 fully saturated rings. The van der Waals surface area contributed by atoms with Gasteiger partial charge in [-0.05, 0) is 60.4 Å². The van der Waals surface area contributed by atoms with E-state index in [1.807, 2.05) is 18.2 Å². The molecule has 1 saturated heterocycles. The summed E-state index contributed by atoms with van der Waals surface area (Å²) in [7, 11) is 1.29. The number of nitrogens with one attached hydrogen (secondary N) is 1. The molecular formula is C30H30FN5O5.